The number of hydrogen-bond acceptors (Lipinski definition) is 5. The smallest absolute Gasteiger partial charge is 0.462 e. The van der Waals surface area contributed by atoms with Gasteiger partial charge < -0.3 is 14.2 Å². The molecule has 0 aliphatic carbocycles. The van der Waals surface area contributed by atoms with Crippen LogP contribution in [0.2, 0.25) is 0 Å². The monoisotopic (exact) mass is 232 g/mol. The summed E-state index contributed by atoms with van der Waals surface area (Å²) in [5.41, 5.74) is -0.496. The van der Waals surface area contributed by atoms with Crippen LogP contribution in [0.1, 0.15) is 34.1 Å². The Kier molecular flexibility index (Phi) is 6.53. The minimum atomic E-state index is -0.742. The lowest BCUT2D eigenvalue weighted by atomic mass is 9.91. The molecule has 0 saturated heterocycles. The first-order valence-electron chi connectivity index (χ1n) is 5.40. The Bertz CT molecular complexity index is 235. The van der Waals surface area contributed by atoms with Crippen LogP contribution in [0.4, 0.5) is 4.79 Å². The maximum absolute atomic E-state index is 11.5. The molecule has 0 fully saturated rings. The molecule has 0 aliphatic rings. The van der Waals surface area contributed by atoms with Crippen molar-refractivity contribution in [3.63, 3.8) is 0 Å². The Morgan fingerprint density at radius 1 is 1.00 bits per heavy atom. The lowest BCUT2D eigenvalue weighted by Gasteiger charge is -2.20. The maximum atomic E-state index is 11.5. The number of rotatable bonds is 6. The number of carbonyl (C=O) groups excluding carboxylic acids is 2. The number of carbonyl (C=O) groups is 2. The van der Waals surface area contributed by atoms with Crippen molar-refractivity contribution in [1.29, 1.82) is 0 Å². The summed E-state index contributed by atoms with van der Waals surface area (Å²) in [5, 5.41) is 0. The molecule has 0 unspecified atom stereocenters. The predicted molar refractivity (Wildman–Crippen MR) is 58.0 cm³/mol. The van der Waals surface area contributed by atoms with Gasteiger partial charge >= 0.3 is 12.1 Å². The Hall–Kier alpha value is -1.26. The standard InChI is InChI=1S/C11H20O5/c1-5-11(3,4)9(12)15-7-8-16-10(13)14-6-2/h5-8H2,1-4H3. The zero-order chi connectivity index (χ0) is 12.6. The van der Waals surface area contributed by atoms with Crippen LogP contribution in [0.5, 0.6) is 0 Å². The Labute approximate surface area is 96.1 Å². The SMILES string of the molecule is CCOC(=O)OCCOC(=O)C(C)(C)CC. The topological polar surface area (TPSA) is 61.8 Å². The first-order valence-corrected chi connectivity index (χ1v) is 5.40. The van der Waals surface area contributed by atoms with Gasteiger partial charge in [0.25, 0.3) is 0 Å². The van der Waals surface area contributed by atoms with Gasteiger partial charge in [-0.05, 0) is 27.2 Å². The lowest BCUT2D eigenvalue weighted by molar-refractivity contribution is -0.155. The third-order valence-corrected chi connectivity index (χ3v) is 2.24. The van der Waals surface area contributed by atoms with Crippen LogP contribution >= 0.6 is 0 Å². The highest BCUT2D eigenvalue weighted by molar-refractivity contribution is 5.75. The molecule has 0 aromatic rings. The van der Waals surface area contributed by atoms with Gasteiger partial charge in [0.15, 0.2) is 0 Å². The third-order valence-electron chi connectivity index (χ3n) is 2.24. The highest BCUT2D eigenvalue weighted by atomic mass is 16.7. The van der Waals surface area contributed by atoms with Crippen LogP contribution < -0.4 is 0 Å². The molecule has 0 aliphatic heterocycles. The molecule has 5 heteroatoms. The Balaban J connectivity index is 3.67. The summed E-state index contributed by atoms with van der Waals surface area (Å²) in [6.45, 7) is 7.55. The number of esters is 1. The molecule has 0 bridgehead atoms. The summed E-state index contributed by atoms with van der Waals surface area (Å²) in [6.07, 6.45) is -0.0433. The van der Waals surface area contributed by atoms with Crippen molar-refractivity contribution in [3.05, 3.63) is 0 Å². The summed E-state index contributed by atoms with van der Waals surface area (Å²) >= 11 is 0. The van der Waals surface area contributed by atoms with Gasteiger partial charge in [0.2, 0.25) is 0 Å². The highest BCUT2D eigenvalue weighted by Gasteiger charge is 2.26. The molecule has 0 aromatic heterocycles. The average Bonchev–Trinajstić information content (AvgIpc) is 2.24. The van der Waals surface area contributed by atoms with E-state index in [1.807, 2.05) is 20.8 Å². The first kappa shape index (κ1) is 14.7. The summed E-state index contributed by atoms with van der Waals surface area (Å²) < 4.78 is 14.1. The van der Waals surface area contributed by atoms with Crippen LogP contribution in [0.3, 0.4) is 0 Å². The van der Waals surface area contributed by atoms with Crippen molar-refractivity contribution in [2.24, 2.45) is 5.41 Å². The second-order valence-corrected chi connectivity index (χ2v) is 3.90. The van der Waals surface area contributed by atoms with Crippen LogP contribution in [0.25, 0.3) is 0 Å². The van der Waals surface area contributed by atoms with E-state index in [-0.39, 0.29) is 25.8 Å². The summed E-state index contributed by atoms with van der Waals surface area (Å²) in [5.74, 6) is -0.289. The van der Waals surface area contributed by atoms with E-state index in [0.717, 1.165) is 0 Å². The second kappa shape index (κ2) is 7.09. The van der Waals surface area contributed by atoms with Gasteiger partial charge in [0, 0.05) is 0 Å². The molecule has 0 radical (unpaired) electrons. The normalized spacial score (nSPS) is 10.8. The highest BCUT2D eigenvalue weighted by Crippen LogP contribution is 2.21. The predicted octanol–water partition coefficient (Wildman–Crippen LogP) is 2.14. The van der Waals surface area contributed by atoms with Gasteiger partial charge in [-0.25, -0.2) is 4.79 Å². The molecule has 0 atom stereocenters. The summed E-state index contributed by atoms with van der Waals surface area (Å²) in [7, 11) is 0. The summed E-state index contributed by atoms with van der Waals surface area (Å²) in [4.78, 5) is 22.2. The van der Waals surface area contributed by atoms with E-state index in [9.17, 15) is 9.59 Å². The quantitative estimate of drug-likeness (QED) is 0.518. The Morgan fingerprint density at radius 2 is 1.56 bits per heavy atom. The first-order chi connectivity index (χ1) is 7.44. The van der Waals surface area contributed by atoms with Crippen molar-refractivity contribution in [2.75, 3.05) is 19.8 Å². The second-order valence-electron chi connectivity index (χ2n) is 3.90. The fraction of sp³-hybridized carbons (Fsp3) is 0.818. The van der Waals surface area contributed by atoms with Crippen molar-refractivity contribution >= 4 is 12.1 Å². The molecule has 0 spiro atoms. The maximum Gasteiger partial charge on any atom is 0.508 e. The van der Waals surface area contributed by atoms with Gasteiger partial charge in [-0.15, -0.1) is 0 Å². The van der Waals surface area contributed by atoms with Crippen molar-refractivity contribution in [2.45, 2.75) is 34.1 Å². The van der Waals surface area contributed by atoms with Crippen LogP contribution in [0.15, 0.2) is 0 Å². The van der Waals surface area contributed by atoms with Crippen molar-refractivity contribution in [1.82, 2.24) is 0 Å². The van der Waals surface area contributed by atoms with E-state index in [1.165, 1.54) is 0 Å². The summed E-state index contributed by atoms with van der Waals surface area (Å²) in [6, 6.07) is 0. The zero-order valence-corrected chi connectivity index (χ0v) is 10.4. The average molecular weight is 232 g/mol. The fourth-order valence-electron chi connectivity index (χ4n) is 0.759. The van der Waals surface area contributed by atoms with Crippen LogP contribution in [-0.2, 0) is 19.0 Å². The van der Waals surface area contributed by atoms with Gasteiger partial charge in [-0.3, -0.25) is 4.79 Å². The van der Waals surface area contributed by atoms with Crippen molar-refractivity contribution < 1.29 is 23.8 Å². The molecular weight excluding hydrogens is 212 g/mol. The molecule has 0 aromatic carbocycles. The van der Waals surface area contributed by atoms with E-state index >= 15 is 0 Å². The van der Waals surface area contributed by atoms with Crippen LogP contribution in [-0.4, -0.2) is 31.9 Å². The van der Waals surface area contributed by atoms with E-state index in [2.05, 4.69) is 9.47 Å². The molecular formula is C11H20O5. The Morgan fingerprint density at radius 3 is 2.06 bits per heavy atom. The third kappa shape index (κ3) is 5.58. The van der Waals surface area contributed by atoms with E-state index in [0.29, 0.717) is 6.42 Å². The molecule has 0 rings (SSSR count). The zero-order valence-electron chi connectivity index (χ0n) is 10.4. The molecule has 5 nitrogen and oxygen atoms in total. The van der Waals surface area contributed by atoms with Gasteiger partial charge in [-0.1, -0.05) is 6.92 Å². The largest absolute Gasteiger partial charge is 0.508 e. The molecule has 0 heterocycles. The lowest BCUT2D eigenvalue weighted by Crippen LogP contribution is -2.27. The number of hydrogen-bond donors (Lipinski definition) is 0. The fourth-order valence-corrected chi connectivity index (χ4v) is 0.759. The van der Waals surface area contributed by atoms with Gasteiger partial charge in [0.05, 0.1) is 12.0 Å². The molecule has 0 amide bonds. The molecule has 94 valence electrons. The van der Waals surface area contributed by atoms with Gasteiger partial charge in [-0.2, -0.15) is 0 Å². The van der Waals surface area contributed by atoms with E-state index < -0.39 is 11.6 Å². The molecule has 0 saturated carbocycles. The van der Waals surface area contributed by atoms with E-state index in [1.54, 1.807) is 6.92 Å². The van der Waals surface area contributed by atoms with Gasteiger partial charge in [0.1, 0.15) is 13.2 Å². The van der Waals surface area contributed by atoms with E-state index in [4.69, 9.17) is 4.74 Å². The minimum Gasteiger partial charge on any atom is -0.462 e. The molecule has 16 heavy (non-hydrogen) atoms. The molecule has 0 N–H and O–H groups in total. The minimum absolute atomic E-state index is 0.0182. The number of ether oxygens (including phenoxy) is 3. The van der Waals surface area contributed by atoms with Crippen molar-refractivity contribution in [3.8, 4) is 0 Å². The van der Waals surface area contributed by atoms with Crippen LogP contribution in [0, 0.1) is 5.41 Å².